The number of aryl methyl sites for hydroxylation is 1. The van der Waals surface area contributed by atoms with Crippen LogP contribution in [-0.4, -0.2) is 16.0 Å². The highest BCUT2D eigenvalue weighted by Crippen LogP contribution is 2.30. The molecule has 0 saturated heterocycles. The highest BCUT2D eigenvalue weighted by atomic mass is 16.1. The first-order valence-corrected chi connectivity index (χ1v) is 4.57. The van der Waals surface area contributed by atoms with Gasteiger partial charge in [-0.2, -0.15) is 10.2 Å². The molecule has 0 amide bonds. The standard InChI is InChI=1S/C10H12N2O/c1-7-2-5-9(12-11-7)6-10(13)8-3-4-8/h2,5,8H,3-4,6H2,1H3. The maximum Gasteiger partial charge on any atom is 0.141 e. The summed E-state index contributed by atoms with van der Waals surface area (Å²) in [5, 5.41) is 7.87. The fourth-order valence-electron chi connectivity index (χ4n) is 1.25. The zero-order valence-corrected chi connectivity index (χ0v) is 7.66. The van der Waals surface area contributed by atoms with Gasteiger partial charge < -0.3 is 0 Å². The molecule has 0 N–H and O–H groups in total. The molecule has 1 aliphatic rings. The van der Waals surface area contributed by atoms with E-state index in [4.69, 9.17) is 0 Å². The van der Waals surface area contributed by atoms with E-state index in [0.29, 0.717) is 18.1 Å². The molecule has 3 heteroatoms. The Balaban J connectivity index is 2.00. The molecule has 1 saturated carbocycles. The van der Waals surface area contributed by atoms with Gasteiger partial charge >= 0.3 is 0 Å². The molecule has 0 aliphatic heterocycles. The third-order valence-corrected chi connectivity index (χ3v) is 2.24. The Labute approximate surface area is 77.2 Å². The molecule has 0 bridgehead atoms. The summed E-state index contributed by atoms with van der Waals surface area (Å²) < 4.78 is 0. The minimum atomic E-state index is 0.318. The van der Waals surface area contributed by atoms with E-state index in [1.165, 1.54) is 0 Å². The minimum Gasteiger partial charge on any atom is -0.299 e. The lowest BCUT2D eigenvalue weighted by Crippen LogP contribution is -2.07. The van der Waals surface area contributed by atoms with Crippen LogP contribution in [0.25, 0.3) is 0 Å². The zero-order chi connectivity index (χ0) is 9.26. The van der Waals surface area contributed by atoms with E-state index in [2.05, 4.69) is 10.2 Å². The van der Waals surface area contributed by atoms with Gasteiger partial charge in [0.2, 0.25) is 0 Å². The van der Waals surface area contributed by atoms with E-state index in [1.54, 1.807) is 0 Å². The normalized spacial score (nSPS) is 15.8. The molecule has 68 valence electrons. The van der Waals surface area contributed by atoms with E-state index in [1.807, 2.05) is 19.1 Å². The van der Waals surface area contributed by atoms with Crippen LogP contribution in [0.4, 0.5) is 0 Å². The molecule has 1 fully saturated rings. The number of ketones is 1. The van der Waals surface area contributed by atoms with Gasteiger partial charge in [-0.05, 0) is 31.9 Å². The molecule has 3 nitrogen and oxygen atoms in total. The molecule has 0 aromatic carbocycles. The van der Waals surface area contributed by atoms with Crippen LogP contribution in [0.5, 0.6) is 0 Å². The molecule has 0 radical (unpaired) electrons. The molecule has 1 heterocycles. The number of nitrogens with zero attached hydrogens (tertiary/aromatic N) is 2. The second kappa shape index (κ2) is 3.24. The van der Waals surface area contributed by atoms with E-state index in [0.717, 1.165) is 24.2 Å². The molecule has 2 rings (SSSR count). The summed E-state index contributed by atoms with van der Waals surface area (Å²) in [6.45, 7) is 1.89. The predicted molar refractivity (Wildman–Crippen MR) is 48.2 cm³/mol. The van der Waals surface area contributed by atoms with Crippen molar-refractivity contribution in [2.75, 3.05) is 0 Å². The molecule has 0 unspecified atom stereocenters. The lowest BCUT2D eigenvalue weighted by molar-refractivity contribution is -0.119. The topological polar surface area (TPSA) is 42.9 Å². The third kappa shape index (κ3) is 2.11. The number of Topliss-reactive ketones (excluding diaryl/α,β-unsaturated/α-hetero) is 1. The van der Waals surface area contributed by atoms with Crippen LogP contribution in [0.1, 0.15) is 24.2 Å². The second-order valence-electron chi connectivity index (χ2n) is 3.58. The number of rotatable bonds is 3. The Morgan fingerprint density at radius 1 is 1.46 bits per heavy atom. The average molecular weight is 176 g/mol. The largest absolute Gasteiger partial charge is 0.299 e. The van der Waals surface area contributed by atoms with Gasteiger partial charge in [-0.15, -0.1) is 0 Å². The van der Waals surface area contributed by atoms with Gasteiger partial charge in [-0.1, -0.05) is 0 Å². The Kier molecular flexibility index (Phi) is 2.08. The Bertz CT molecular complexity index is 314. The van der Waals surface area contributed by atoms with Crippen LogP contribution in [0.15, 0.2) is 12.1 Å². The van der Waals surface area contributed by atoms with Crippen molar-refractivity contribution in [2.45, 2.75) is 26.2 Å². The maximum absolute atomic E-state index is 11.4. The van der Waals surface area contributed by atoms with Crippen molar-refractivity contribution in [1.29, 1.82) is 0 Å². The number of carbonyl (C=O) groups excluding carboxylic acids is 1. The van der Waals surface area contributed by atoms with Crippen molar-refractivity contribution in [2.24, 2.45) is 5.92 Å². The first kappa shape index (κ1) is 8.35. The monoisotopic (exact) mass is 176 g/mol. The Hall–Kier alpha value is -1.25. The third-order valence-electron chi connectivity index (χ3n) is 2.24. The molecular formula is C10H12N2O. The van der Waals surface area contributed by atoms with E-state index in [-0.39, 0.29) is 0 Å². The Morgan fingerprint density at radius 2 is 2.23 bits per heavy atom. The summed E-state index contributed by atoms with van der Waals surface area (Å²) in [5.41, 5.74) is 1.69. The molecule has 1 aromatic heterocycles. The molecule has 0 atom stereocenters. The quantitative estimate of drug-likeness (QED) is 0.697. The summed E-state index contributed by atoms with van der Waals surface area (Å²) in [4.78, 5) is 11.4. The number of hydrogen-bond acceptors (Lipinski definition) is 3. The number of aromatic nitrogens is 2. The lowest BCUT2D eigenvalue weighted by atomic mass is 10.1. The van der Waals surface area contributed by atoms with Crippen molar-refractivity contribution in [1.82, 2.24) is 10.2 Å². The second-order valence-corrected chi connectivity index (χ2v) is 3.58. The molecule has 0 spiro atoms. The molecule has 1 aliphatic carbocycles. The van der Waals surface area contributed by atoms with Gasteiger partial charge in [0.15, 0.2) is 0 Å². The summed E-state index contributed by atoms with van der Waals surface area (Å²) in [6, 6.07) is 3.77. The fourth-order valence-corrected chi connectivity index (χ4v) is 1.25. The van der Waals surface area contributed by atoms with Crippen molar-refractivity contribution >= 4 is 5.78 Å². The highest BCUT2D eigenvalue weighted by molar-refractivity contribution is 5.84. The van der Waals surface area contributed by atoms with Gasteiger partial charge in [0, 0.05) is 5.92 Å². The van der Waals surface area contributed by atoms with Gasteiger partial charge in [-0.25, -0.2) is 0 Å². The van der Waals surface area contributed by atoms with E-state index < -0.39 is 0 Å². The van der Waals surface area contributed by atoms with Crippen LogP contribution in [0.3, 0.4) is 0 Å². The first-order chi connectivity index (χ1) is 6.25. The lowest BCUT2D eigenvalue weighted by Gasteiger charge is -1.97. The molecule has 1 aromatic rings. The Morgan fingerprint density at radius 3 is 2.77 bits per heavy atom. The van der Waals surface area contributed by atoms with Gasteiger partial charge in [0.25, 0.3) is 0 Å². The van der Waals surface area contributed by atoms with Gasteiger partial charge in [0.1, 0.15) is 5.78 Å². The smallest absolute Gasteiger partial charge is 0.141 e. The van der Waals surface area contributed by atoms with Gasteiger partial charge in [0.05, 0.1) is 17.8 Å². The van der Waals surface area contributed by atoms with Crippen LogP contribution in [0, 0.1) is 12.8 Å². The zero-order valence-electron chi connectivity index (χ0n) is 7.66. The van der Waals surface area contributed by atoms with Crippen LogP contribution in [0.2, 0.25) is 0 Å². The van der Waals surface area contributed by atoms with Crippen molar-refractivity contribution in [3.63, 3.8) is 0 Å². The summed E-state index contributed by atoms with van der Waals surface area (Å²) in [6.07, 6.45) is 2.59. The van der Waals surface area contributed by atoms with Crippen LogP contribution in [-0.2, 0) is 11.2 Å². The minimum absolute atomic E-state index is 0.318. The first-order valence-electron chi connectivity index (χ1n) is 4.57. The van der Waals surface area contributed by atoms with E-state index in [9.17, 15) is 4.79 Å². The van der Waals surface area contributed by atoms with E-state index >= 15 is 0 Å². The summed E-state index contributed by atoms with van der Waals surface area (Å²) in [5.74, 6) is 0.640. The number of carbonyl (C=O) groups is 1. The van der Waals surface area contributed by atoms with Crippen molar-refractivity contribution in [3.05, 3.63) is 23.5 Å². The molecule has 13 heavy (non-hydrogen) atoms. The number of hydrogen-bond donors (Lipinski definition) is 0. The average Bonchev–Trinajstić information content (AvgIpc) is 2.91. The molecular weight excluding hydrogens is 164 g/mol. The van der Waals surface area contributed by atoms with Crippen LogP contribution >= 0.6 is 0 Å². The fraction of sp³-hybridized carbons (Fsp3) is 0.500. The summed E-state index contributed by atoms with van der Waals surface area (Å²) in [7, 11) is 0. The van der Waals surface area contributed by atoms with Crippen molar-refractivity contribution < 1.29 is 4.79 Å². The van der Waals surface area contributed by atoms with Gasteiger partial charge in [-0.3, -0.25) is 4.79 Å². The summed E-state index contributed by atoms with van der Waals surface area (Å²) >= 11 is 0. The highest BCUT2D eigenvalue weighted by Gasteiger charge is 2.29. The maximum atomic E-state index is 11.4. The van der Waals surface area contributed by atoms with Crippen LogP contribution < -0.4 is 0 Å². The SMILES string of the molecule is Cc1ccc(CC(=O)C2CC2)nn1. The van der Waals surface area contributed by atoms with Crippen molar-refractivity contribution in [3.8, 4) is 0 Å². The predicted octanol–water partition coefficient (Wildman–Crippen LogP) is 1.31.